The van der Waals surface area contributed by atoms with Crippen LogP contribution >= 0.6 is 11.6 Å². The van der Waals surface area contributed by atoms with Gasteiger partial charge in [-0.15, -0.1) is 0 Å². The van der Waals surface area contributed by atoms with Gasteiger partial charge in [-0.1, -0.05) is 36.9 Å². The molecule has 1 aromatic carbocycles. The normalized spacial score (nSPS) is 18.3. The molecule has 2 N–H and O–H groups in total. The number of hydrogen-bond donors (Lipinski definition) is 1. The Hall–Kier alpha value is -0.930. The summed E-state index contributed by atoms with van der Waals surface area (Å²) in [7, 11) is 0. The van der Waals surface area contributed by atoms with E-state index in [0.29, 0.717) is 6.42 Å². The van der Waals surface area contributed by atoms with Crippen LogP contribution in [0.15, 0.2) is 18.2 Å². The molecule has 1 aliphatic carbocycles. The number of Topliss-reactive ketones (excluding diaryl/α,β-unsaturated/α-hetero) is 1. The van der Waals surface area contributed by atoms with E-state index in [-0.39, 0.29) is 22.8 Å². The van der Waals surface area contributed by atoms with Gasteiger partial charge in [0.2, 0.25) is 0 Å². The Kier molecular flexibility index (Phi) is 4.58. The van der Waals surface area contributed by atoms with Crippen LogP contribution in [0.2, 0.25) is 5.02 Å². The molecular formula is C15H19ClFNO. The molecule has 2 rings (SSSR count). The van der Waals surface area contributed by atoms with Gasteiger partial charge in [-0.2, -0.15) is 0 Å². The molecule has 19 heavy (non-hydrogen) atoms. The first-order valence-corrected chi connectivity index (χ1v) is 7.11. The zero-order chi connectivity index (χ0) is 13.9. The zero-order valence-electron chi connectivity index (χ0n) is 10.9. The van der Waals surface area contributed by atoms with E-state index in [9.17, 15) is 9.18 Å². The van der Waals surface area contributed by atoms with E-state index >= 15 is 0 Å². The Morgan fingerprint density at radius 1 is 1.32 bits per heavy atom. The van der Waals surface area contributed by atoms with Crippen LogP contribution in [-0.4, -0.2) is 11.3 Å². The second-order valence-corrected chi connectivity index (χ2v) is 5.97. The highest BCUT2D eigenvalue weighted by Crippen LogP contribution is 2.29. The molecule has 0 aliphatic heterocycles. The fourth-order valence-electron chi connectivity index (χ4n) is 2.77. The molecule has 104 valence electrons. The summed E-state index contributed by atoms with van der Waals surface area (Å²) in [6.07, 6.45) is 5.94. The molecule has 0 heterocycles. The summed E-state index contributed by atoms with van der Waals surface area (Å²) < 4.78 is 13.0. The number of carbonyl (C=O) groups is 1. The maximum Gasteiger partial charge on any atom is 0.141 e. The zero-order valence-corrected chi connectivity index (χ0v) is 11.7. The van der Waals surface area contributed by atoms with Crippen molar-refractivity contribution >= 4 is 17.4 Å². The number of ketones is 1. The average Bonchev–Trinajstić information content (AvgIpc) is 2.34. The van der Waals surface area contributed by atoms with Crippen molar-refractivity contribution in [3.8, 4) is 0 Å². The highest BCUT2D eigenvalue weighted by molar-refractivity contribution is 6.30. The molecule has 0 aromatic heterocycles. The maximum atomic E-state index is 13.0. The van der Waals surface area contributed by atoms with Gasteiger partial charge in [0.1, 0.15) is 11.6 Å². The lowest BCUT2D eigenvalue weighted by atomic mass is 9.78. The van der Waals surface area contributed by atoms with Gasteiger partial charge in [0.25, 0.3) is 0 Å². The third-order valence-electron chi connectivity index (χ3n) is 3.78. The second kappa shape index (κ2) is 6.02. The Morgan fingerprint density at radius 2 is 2.00 bits per heavy atom. The van der Waals surface area contributed by atoms with Gasteiger partial charge in [-0.25, -0.2) is 4.39 Å². The van der Waals surface area contributed by atoms with E-state index < -0.39 is 5.82 Å². The van der Waals surface area contributed by atoms with Gasteiger partial charge in [-0.3, -0.25) is 4.79 Å². The van der Waals surface area contributed by atoms with Crippen LogP contribution in [0.3, 0.4) is 0 Å². The minimum Gasteiger partial charge on any atom is -0.325 e. The molecule has 1 aromatic rings. The molecule has 0 bridgehead atoms. The topological polar surface area (TPSA) is 43.1 Å². The minimum absolute atomic E-state index is 0.0606. The number of carbonyl (C=O) groups excluding carboxylic acids is 1. The standard InChI is InChI=1S/C15H19ClFNO/c16-13-9-11(4-5-14(13)17)8-12(19)10-15(18)6-2-1-3-7-15/h4-5,9H,1-3,6-8,10,18H2. The predicted octanol–water partition coefficient (Wildman–Crippen LogP) is 3.64. The van der Waals surface area contributed by atoms with Crippen molar-refractivity contribution in [1.29, 1.82) is 0 Å². The molecule has 0 saturated heterocycles. The molecule has 0 radical (unpaired) electrons. The van der Waals surface area contributed by atoms with Crippen LogP contribution in [0, 0.1) is 5.82 Å². The number of nitrogens with two attached hydrogens (primary N) is 1. The Morgan fingerprint density at radius 3 is 2.63 bits per heavy atom. The summed E-state index contributed by atoms with van der Waals surface area (Å²) in [5, 5.41) is 0.0606. The third kappa shape index (κ3) is 4.02. The van der Waals surface area contributed by atoms with Gasteiger partial charge >= 0.3 is 0 Å². The van der Waals surface area contributed by atoms with E-state index in [1.807, 2.05) is 0 Å². The number of hydrogen-bond acceptors (Lipinski definition) is 2. The van der Waals surface area contributed by atoms with Crippen molar-refractivity contribution in [2.45, 2.75) is 50.5 Å². The van der Waals surface area contributed by atoms with E-state index in [0.717, 1.165) is 31.2 Å². The Balaban J connectivity index is 1.95. The number of rotatable bonds is 4. The smallest absolute Gasteiger partial charge is 0.141 e. The monoisotopic (exact) mass is 283 g/mol. The predicted molar refractivity (Wildman–Crippen MR) is 74.7 cm³/mol. The van der Waals surface area contributed by atoms with Crippen LogP contribution in [0.4, 0.5) is 4.39 Å². The first-order chi connectivity index (χ1) is 8.98. The molecule has 0 unspecified atom stereocenters. The van der Waals surface area contributed by atoms with Gasteiger partial charge < -0.3 is 5.73 Å². The van der Waals surface area contributed by atoms with Crippen molar-refractivity contribution in [1.82, 2.24) is 0 Å². The first-order valence-electron chi connectivity index (χ1n) is 6.73. The fraction of sp³-hybridized carbons (Fsp3) is 0.533. The summed E-state index contributed by atoms with van der Waals surface area (Å²) in [5.74, 6) is -0.354. The summed E-state index contributed by atoms with van der Waals surface area (Å²) in [4.78, 5) is 12.1. The van der Waals surface area contributed by atoms with Crippen LogP contribution < -0.4 is 5.73 Å². The minimum atomic E-state index is -0.458. The average molecular weight is 284 g/mol. The van der Waals surface area contributed by atoms with Crippen molar-refractivity contribution in [2.75, 3.05) is 0 Å². The Bertz CT molecular complexity index is 469. The van der Waals surface area contributed by atoms with Gasteiger partial charge in [0.15, 0.2) is 0 Å². The molecule has 0 atom stereocenters. The maximum absolute atomic E-state index is 13.0. The highest BCUT2D eigenvalue weighted by Gasteiger charge is 2.29. The SMILES string of the molecule is NC1(CC(=O)Cc2ccc(F)c(Cl)c2)CCCCC1. The largest absolute Gasteiger partial charge is 0.325 e. The van der Waals surface area contributed by atoms with Crippen molar-refractivity contribution in [3.63, 3.8) is 0 Å². The van der Waals surface area contributed by atoms with Crippen molar-refractivity contribution < 1.29 is 9.18 Å². The first kappa shape index (κ1) is 14.5. The van der Waals surface area contributed by atoms with Gasteiger partial charge in [0, 0.05) is 18.4 Å². The molecule has 4 heteroatoms. The quantitative estimate of drug-likeness (QED) is 0.917. The molecule has 2 nitrogen and oxygen atoms in total. The summed E-state index contributed by atoms with van der Waals surface area (Å²) in [6.45, 7) is 0. The number of halogens is 2. The molecule has 1 fully saturated rings. The van der Waals surface area contributed by atoms with Crippen LogP contribution in [0.25, 0.3) is 0 Å². The van der Waals surface area contributed by atoms with Crippen LogP contribution in [0.1, 0.15) is 44.1 Å². The lowest BCUT2D eigenvalue weighted by Gasteiger charge is -2.32. The summed E-state index contributed by atoms with van der Waals surface area (Å²) >= 11 is 5.71. The van der Waals surface area contributed by atoms with Gasteiger partial charge in [-0.05, 0) is 30.5 Å². The molecule has 1 aliphatic rings. The number of benzene rings is 1. The highest BCUT2D eigenvalue weighted by atomic mass is 35.5. The van der Waals surface area contributed by atoms with E-state index in [1.165, 1.54) is 18.6 Å². The molecular weight excluding hydrogens is 265 g/mol. The van der Waals surface area contributed by atoms with Crippen LogP contribution in [0.5, 0.6) is 0 Å². The van der Waals surface area contributed by atoms with Crippen molar-refractivity contribution in [3.05, 3.63) is 34.6 Å². The summed E-state index contributed by atoms with van der Waals surface area (Å²) in [6, 6.07) is 4.41. The lowest BCUT2D eigenvalue weighted by molar-refractivity contribution is -0.119. The molecule has 0 spiro atoms. The van der Waals surface area contributed by atoms with Crippen molar-refractivity contribution in [2.24, 2.45) is 5.73 Å². The fourth-order valence-corrected chi connectivity index (χ4v) is 2.97. The second-order valence-electron chi connectivity index (χ2n) is 5.56. The molecule has 1 saturated carbocycles. The summed E-state index contributed by atoms with van der Waals surface area (Å²) in [5.41, 5.74) is 6.67. The molecule has 0 amide bonds. The Labute approximate surface area is 118 Å². The van der Waals surface area contributed by atoms with E-state index in [1.54, 1.807) is 6.07 Å². The van der Waals surface area contributed by atoms with Gasteiger partial charge in [0.05, 0.1) is 5.02 Å². The van der Waals surface area contributed by atoms with E-state index in [4.69, 9.17) is 17.3 Å². The van der Waals surface area contributed by atoms with Crippen LogP contribution in [-0.2, 0) is 11.2 Å². The third-order valence-corrected chi connectivity index (χ3v) is 4.07. The van der Waals surface area contributed by atoms with E-state index in [2.05, 4.69) is 0 Å². The lowest BCUT2D eigenvalue weighted by Crippen LogP contribution is -2.43.